The molecule has 0 aliphatic carbocycles. The van der Waals surface area contributed by atoms with Gasteiger partial charge in [-0.15, -0.1) is 0 Å². The monoisotopic (exact) mass is 155 g/mol. The van der Waals surface area contributed by atoms with Crippen LogP contribution >= 0.6 is 0 Å². The molecule has 0 unspecified atom stereocenters. The van der Waals surface area contributed by atoms with Gasteiger partial charge in [0.1, 0.15) is 0 Å². The average molecular weight is 155 g/mol. The van der Waals surface area contributed by atoms with Crippen LogP contribution in [0.2, 0.25) is 0 Å². The minimum Gasteiger partial charge on any atom is -0.483 e. The number of ether oxygens (including phenoxy) is 1. The smallest absolute Gasteiger partial charge is 0.169 e. The molecule has 1 aliphatic heterocycles. The first-order valence-electron chi connectivity index (χ1n) is 4.60. The summed E-state index contributed by atoms with van der Waals surface area (Å²) in [7, 11) is 0. The van der Waals surface area contributed by atoms with Crippen LogP contribution in [0.15, 0.2) is 4.99 Å². The van der Waals surface area contributed by atoms with Crippen molar-refractivity contribution < 1.29 is 4.74 Å². The molecule has 11 heavy (non-hydrogen) atoms. The predicted molar refractivity (Wildman–Crippen MR) is 47.0 cm³/mol. The summed E-state index contributed by atoms with van der Waals surface area (Å²) in [6.07, 6.45) is 9.40. The zero-order valence-corrected chi connectivity index (χ0v) is 7.09. The molecule has 2 nitrogen and oxygen atoms in total. The highest BCUT2D eigenvalue weighted by Crippen LogP contribution is 2.06. The van der Waals surface area contributed by atoms with E-state index in [-0.39, 0.29) is 0 Å². The van der Waals surface area contributed by atoms with Gasteiger partial charge in [-0.05, 0) is 12.8 Å². The van der Waals surface area contributed by atoms with Crippen molar-refractivity contribution in [3.63, 3.8) is 0 Å². The molecule has 0 atom stereocenters. The van der Waals surface area contributed by atoms with Crippen LogP contribution in [0.4, 0.5) is 0 Å². The maximum atomic E-state index is 5.17. The molecular formula is C9H17NO. The lowest BCUT2D eigenvalue weighted by molar-refractivity contribution is 0.306. The fourth-order valence-electron chi connectivity index (χ4n) is 1.25. The van der Waals surface area contributed by atoms with Gasteiger partial charge >= 0.3 is 0 Å². The summed E-state index contributed by atoms with van der Waals surface area (Å²) in [4.78, 5) is 4.13. The van der Waals surface area contributed by atoms with E-state index in [1.54, 1.807) is 6.40 Å². The standard InChI is InChI=1S/C9H17NO/c1-2-4-6-8-11-9-10-7-5-3-1/h9H,1-8H2. The zero-order chi connectivity index (χ0) is 7.78. The first-order valence-corrected chi connectivity index (χ1v) is 4.60. The fourth-order valence-corrected chi connectivity index (χ4v) is 1.25. The molecule has 64 valence electrons. The second kappa shape index (κ2) is 6.20. The number of hydrogen-bond acceptors (Lipinski definition) is 2. The van der Waals surface area contributed by atoms with Crippen molar-refractivity contribution in [1.29, 1.82) is 0 Å². The third-order valence-corrected chi connectivity index (χ3v) is 1.95. The molecule has 0 radical (unpaired) electrons. The summed E-state index contributed by atoms with van der Waals surface area (Å²) in [6.45, 7) is 1.80. The fraction of sp³-hybridized carbons (Fsp3) is 0.889. The van der Waals surface area contributed by atoms with Gasteiger partial charge in [-0.25, -0.2) is 0 Å². The molecule has 1 heterocycles. The number of hydrogen-bond donors (Lipinski definition) is 0. The highest BCUT2D eigenvalue weighted by molar-refractivity contribution is 5.46. The Hall–Kier alpha value is -0.530. The van der Waals surface area contributed by atoms with Crippen LogP contribution < -0.4 is 0 Å². The van der Waals surface area contributed by atoms with Crippen LogP contribution in [0.5, 0.6) is 0 Å². The summed E-state index contributed by atoms with van der Waals surface area (Å²) >= 11 is 0. The summed E-state index contributed by atoms with van der Waals surface area (Å²) in [5.74, 6) is 0. The molecule has 0 amide bonds. The lowest BCUT2D eigenvalue weighted by atomic mass is 10.1. The molecule has 1 aliphatic rings. The van der Waals surface area contributed by atoms with Crippen LogP contribution in [-0.4, -0.2) is 19.6 Å². The normalized spacial score (nSPS) is 21.8. The van der Waals surface area contributed by atoms with Gasteiger partial charge < -0.3 is 4.74 Å². The Morgan fingerprint density at radius 1 is 0.909 bits per heavy atom. The van der Waals surface area contributed by atoms with E-state index >= 15 is 0 Å². The second-order valence-corrected chi connectivity index (χ2v) is 3.00. The summed E-state index contributed by atoms with van der Waals surface area (Å²) in [5, 5.41) is 0. The van der Waals surface area contributed by atoms with Gasteiger partial charge in [-0.3, -0.25) is 4.99 Å². The minimum atomic E-state index is 0.851. The molecule has 0 saturated heterocycles. The average Bonchev–Trinajstić information content (AvgIpc) is 2.08. The van der Waals surface area contributed by atoms with Gasteiger partial charge in [-0.1, -0.05) is 25.7 Å². The summed E-state index contributed by atoms with van der Waals surface area (Å²) in [5.41, 5.74) is 0. The molecule has 0 fully saturated rings. The van der Waals surface area contributed by atoms with Gasteiger partial charge in [0.05, 0.1) is 6.61 Å². The number of rotatable bonds is 0. The van der Waals surface area contributed by atoms with E-state index in [1.165, 1.54) is 38.5 Å². The van der Waals surface area contributed by atoms with Crippen molar-refractivity contribution in [2.45, 2.75) is 38.5 Å². The minimum absolute atomic E-state index is 0.851. The Labute approximate surface area is 68.7 Å². The van der Waals surface area contributed by atoms with Crippen molar-refractivity contribution >= 4 is 6.40 Å². The maximum Gasteiger partial charge on any atom is 0.169 e. The van der Waals surface area contributed by atoms with Gasteiger partial charge in [0, 0.05) is 6.54 Å². The van der Waals surface area contributed by atoms with Crippen molar-refractivity contribution in [2.75, 3.05) is 13.2 Å². The third kappa shape index (κ3) is 4.82. The summed E-state index contributed by atoms with van der Waals surface area (Å²) < 4.78 is 5.17. The molecule has 2 heteroatoms. The van der Waals surface area contributed by atoms with Crippen molar-refractivity contribution in [1.82, 2.24) is 0 Å². The predicted octanol–water partition coefficient (Wildman–Crippen LogP) is 2.39. The van der Waals surface area contributed by atoms with Gasteiger partial charge in [0.2, 0.25) is 0 Å². The van der Waals surface area contributed by atoms with Gasteiger partial charge in [0.25, 0.3) is 0 Å². The molecular weight excluding hydrogens is 138 g/mol. The maximum absolute atomic E-state index is 5.17. The molecule has 1 rings (SSSR count). The Balaban J connectivity index is 2.11. The van der Waals surface area contributed by atoms with E-state index in [4.69, 9.17) is 4.74 Å². The van der Waals surface area contributed by atoms with E-state index < -0.39 is 0 Å². The Morgan fingerprint density at radius 2 is 1.64 bits per heavy atom. The van der Waals surface area contributed by atoms with Gasteiger partial charge in [-0.2, -0.15) is 0 Å². The van der Waals surface area contributed by atoms with Crippen molar-refractivity contribution in [3.05, 3.63) is 0 Å². The molecule has 0 aromatic rings. The highest BCUT2D eigenvalue weighted by atomic mass is 16.5. The molecule has 0 N–H and O–H groups in total. The Morgan fingerprint density at radius 3 is 2.55 bits per heavy atom. The van der Waals surface area contributed by atoms with E-state index in [9.17, 15) is 0 Å². The van der Waals surface area contributed by atoms with E-state index in [0.29, 0.717) is 0 Å². The SMILES string of the molecule is C1=NCCCCCCCCO1. The molecule has 0 bridgehead atoms. The van der Waals surface area contributed by atoms with E-state index in [2.05, 4.69) is 4.99 Å². The lowest BCUT2D eigenvalue weighted by Crippen LogP contribution is -1.91. The van der Waals surface area contributed by atoms with Crippen LogP contribution in [0, 0.1) is 0 Å². The van der Waals surface area contributed by atoms with Crippen molar-refractivity contribution in [2.24, 2.45) is 4.99 Å². The van der Waals surface area contributed by atoms with E-state index in [0.717, 1.165) is 13.2 Å². The number of nitrogens with zero attached hydrogens (tertiary/aromatic N) is 1. The second-order valence-electron chi connectivity index (χ2n) is 3.00. The van der Waals surface area contributed by atoms with Crippen LogP contribution in [-0.2, 0) is 4.74 Å². The molecule has 0 spiro atoms. The third-order valence-electron chi connectivity index (χ3n) is 1.95. The zero-order valence-electron chi connectivity index (χ0n) is 7.09. The highest BCUT2D eigenvalue weighted by Gasteiger charge is 1.92. The van der Waals surface area contributed by atoms with E-state index in [1.807, 2.05) is 0 Å². The number of aliphatic imine (C=N–C) groups is 1. The molecule has 0 aromatic heterocycles. The largest absolute Gasteiger partial charge is 0.483 e. The first kappa shape index (κ1) is 8.57. The van der Waals surface area contributed by atoms with Crippen LogP contribution in [0.3, 0.4) is 0 Å². The van der Waals surface area contributed by atoms with Crippen molar-refractivity contribution in [3.8, 4) is 0 Å². The Bertz CT molecular complexity index is 100. The lowest BCUT2D eigenvalue weighted by Gasteiger charge is -1.98. The van der Waals surface area contributed by atoms with Crippen LogP contribution in [0.25, 0.3) is 0 Å². The molecule has 0 aromatic carbocycles. The van der Waals surface area contributed by atoms with Gasteiger partial charge in [0.15, 0.2) is 6.40 Å². The summed E-state index contributed by atoms with van der Waals surface area (Å²) in [6, 6.07) is 0. The quantitative estimate of drug-likeness (QED) is 0.526. The first-order chi connectivity index (χ1) is 5.50. The topological polar surface area (TPSA) is 21.6 Å². The Kier molecular flexibility index (Phi) is 4.83. The molecule has 0 saturated carbocycles. The van der Waals surface area contributed by atoms with Crippen LogP contribution in [0.1, 0.15) is 38.5 Å².